The van der Waals surface area contributed by atoms with Gasteiger partial charge in [-0.05, 0) is 49.2 Å². The lowest BCUT2D eigenvalue weighted by Crippen LogP contribution is -2.42. The number of benzene rings is 2. The number of nitrogens with one attached hydrogen (secondary N) is 1. The number of piperidine rings is 1. The van der Waals surface area contributed by atoms with Gasteiger partial charge in [0.15, 0.2) is 0 Å². The van der Waals surface area contributed by atoms with E-state index < -0.39 is 10.0 Å². The van der Waals surface area contributed by atoms with Crippen molar-refractivity contribution in [1.82, 2.24) is 4.31 Å². The van der Waals surface area contributed by atoms with Gasteiger partial charge in [0.1, 0.15) is 0 Å². The molecule has 0 spiro atoms. The number of hydrogen-bond acceptors (Lipinski definition) is 4. The highest BCUT2D eigenvalue weighted by Gasteiger charge is 2.29. The third kappa shape index (κ3) is 4.32. The lowest BCUT2D eigenvalue weighted by molar-refractivity contribution is 0.282. The second-order valence-corrected chi connectivity index (χ2v) is 9.05. The Bertz CT molecular complexity index is 882. The second-order valence-electron chi connectivity index (χ2n) is 6.24. The quantitative estimate of drug-likeness (QED) is 0.781. The maximum Gasteiger partial charge on any atom is 0.243 e. The Morgan fingerprint density at radius 1 is 1.08 bits per heavy atom. The van der Waals surface area contributed by atoms with Crippen molar-refractivity contribution in [1.29, 1.82) is 0 Å². The number of sulfonamides is 1. The minimum absolute atomic E-state index is 0.106. The Labute approximate surface area is 163 Å². The van der Waals surface area contributed by atoms with E-state index in [0.29, 0.717) is 36.0 Å². The van der Waals surface area contributed by atoms with Crippen LogP contribution in [0.15, 0.2) is 47.4 Å². The summed E-state index contributed by atoms with van der Waals surface area (Å²) in [4.78, 5) is 0.219. The van der Waals surface area contributed by atoms with Gasteiger partial charge in [-0.25, -0.2) is 8.42 Å². The number of rotatable bonds is 5. The van der Waals surface area contributed by atoms with Gasteiger partial charge in [-0.1, -0.05) is 29.3 Å². The lowest BCUT2D eigenvalue weighted by Gasteiger charge is -2.32. The molecule has 1 saturated heterocycles. The molecule has 1 aliphatic heterocycles. The monoisotopic (exact) mass is 414 g/mol. The van der Waals surface area contributed by atoms with Gasteiger partial charge in [0.2, 0.25) is 10.0 Å². The molecule has 2 aromatic rings. The van der Waals surface area contributed by atoms with Crippen LogP contribution in [0.5, 0.6) is 0 Å². The fourth-order valence-corrected chi connectivity index (χ4v) is 5.04. The molecular formula is C18H20Cl2N2O3S. The summed E-state index contributed by atoms with van der Waals surface area (Å²) in [5.41, 5.74) is 1.56. The SMILES string of the molecule is O=S(=O)(c1cccc(Cl)c1)N1CCC(Nc2ccc(Cl)cc2CO)CC1. The molecule has 3 rings (SSSR count). The van der Waals surface area contributed by atoms with Crippen molar-refractivity contribution < 1.29 is 13.5 Å². The van der Waals surface area contributed by atoms with Crippen LogP contribution >= 0.6 is 23.2 Å². The second kappa shape index (κ2) is 8.15. The summed E-state index contributed by atoms with van der Waals surface area (Å²) in [5, 5.41) is 13.8. The molecule has 2 N–H and O–H groups in total. The summed E-state index contributed by atoms with van der Waals surface area (Å²) < 4.78 is 27.0. The Hall–Kier alpha value is -1.31. The third-order valence-electron chi connectivity index (χ3n) is 4.49. The fraction of sp³-hybridized carbons (Fsp3) is 0.333. The zero-order chi connectivity index (χ0) is 18.7. The van der Waals surface area contributed by atoms with Crippen LogP contribution in [0.4, 0.5) is 5.69 Å². The summed E-state index contributed by atoms with van der Waals surface area (Å²) >= 11 is 11.9. The Balaban J connectivity index is 1.66. The normalized spacial score (nSPS) is 16.6. The van der Waals surface area contributed by atoms with Crippen molar-refractivity contribution in [2.24, 2.45) is 0 Å². The van der Waals surface area contributed by atoms with E-state index in [1.807, 2.05) is 6.07 Å². The maximum atomic E-state index is 12.7. The molecule has 5 nitrogen and oxygen atoms in total. The molecular weight excluding hydrogens is 395 g/mol. The van der Waals surface area contributed by atoms with Crippen molar-refractivity contribution in [3.05, 3.63) is 58.1 Å². The van der Waals surface area contributed by atoms with Crippen molar-refractivity contribution in [2.75, 3.05) is 18.4 Å². The van der Waals surface area contributed by atoms with Gasteiger partial charge in [-0.2, -0.15) is 4.31 Å². The van der Waals surface area contributed by atoms with Crippen LogP contribution < -0.4 is 5.32 Å². The lowest BCUT2D eigenvalue weighted by atomic mass is 10.1. The molecule has 1 heterocycles. The third-order valence-corrected chi connectivity index (χ3v) is 6.85. The van der Waals surface area contributed by atoms with Crippen LogP contribution in [0, 0.1) is 0 Å². The van der Waals surface area contributed by atoms with E-state index >= 15 is 0 Å². The van der Waals surface area contributed by atoms with E-state index in [2.05, 4.69) is 5.32 Å². The largest absolute Gasteiger partial charge is 0.392 e. The van der Waals surface area contributed by atoms with Crippen LogP contribution in [0.1, 0.15) is 18.4 Å². The van der Waals surface area contributed by atoms with Crippen LogP contribution in [0.3, 0.4) is 0 Å². The predicted octanol–water partition coefficient (Wildman–Crippen LogP) is 3.75. The summed E-state index contributed by atoms with van der Waals surface area (Å²) in [5.74, 6) is 0. The summed E-state index contributed by atoms with van der Waals surface area (Å²) in [6.07, 6.45) is 1.35. The smallest absolute Gasteiger partial charge is 0.243 e. The molecule has 0 saturated carbocycles. The predicted molar refractivity (Wildman–Crippen MR) is 104 cm³/mol. The minimum atomic E-state index is -3.54. The van der Waals surface area contributed by atoms with Gasteiger partial charge in [0, 0.05) is 40.4 Å². The van der Waals surface area contributed by atoms with Crippen LogP contribution in [-0.4, -0.2) is 37.0 Å². The molecule has 2 aromatic carbocycles. The molecule has 0 aliphatic carbocycles. The summed E-state index contributed by atoms with van der Waals surface area (Å²) in [6.45, 7) is 0.744. The Morgan fingerprint density at radius 2 is 1.77 bits per heavy atom. The molecule has 0 bridgehead atoms. The topological polar surface area (TPSA) is 69.6 Å². The summed E-state index contributed by atoms with van der Waals surface area (Å²) in [6, 6.07) is 11.8. The standard InChI is InChI=1S/C18H20Cl2N2O3S/c19-14-2-1-3-17(11-14)26(24,25)22-8-6-16(7-9-22)21-18-5-4-15(20)10-13(18)12-23/h1-5,10-11,16,21,23H,6-9,12H2. The van der Waals surface area contributed by atoms with Crippen LogP contribution in [0.2, 0.25) is 10.0 Å². The van der Waals surface area contributed by atoms with E-state index in [1.54, 1.807) is 30.3 Å². The van der Waals surface area contributed by atoms with E-state index in [0.717, 1.165) is 11.3 Å². The number of aliphatic hydroxyl groups is 1. The van der Waals surface area contributed by atoms with Gasteiger partial charge in [0.05, 0.1) is 11.5 Å². The highest BCUT2D eigenvalue weighted by molar-refractivity contribution is 7.89. The van der Waals surface area contributed by atoms with Gasteiger partial charge in [0.25, 0.3) is 0 Å². The van der Waals surface area contributed by atoms with Crippen molar-refractivity contribution in [3.63, 3.8) is 0 Å². The first-order valence-corrected chi connectivity index (χ1v) is 10.5. The van der Waals surface area contributed by atoms with Gasteiger partial charge >= 0.3 is 0 Å². The zero-order valence-electron chi connectivity index (χ0n) is 14.0. The van der Waals surface area contributed by atoms with E-state index in [1.165, 1.54) is 10.4 Å². The van der Waals surface area contributed by atoms with Crippen molar-refractivity contribution >= 4 is 38.9 Å². The summed E-state index contributed by atoms with van der Waals surface area (Å²) in [7, 11) is -3.54. The first kappa shape index (κ1) is 19.5. The minimum Gasteiger partial charge on any atom is -0.392 e. The molecule has 1 fully saturated rings. The van der Waals surface area contributed by atoms with Gasteiger partial charge < -0.3 is 10.4 Å². The van der Waals surface area contributed by atoms with Gasteiger partial charge in [-0.3, -0.25) is 0 Å². The molecule has 1 aliphatic rings. The number of anilines is 1. The average molecular weight is 415 g/mol. The maximum absolute atomic E-state index is 12.7. The van der Waals surface area contributed by atoms with Crippen molar-refractivity contribution in [2.45, 2.75) is 30.4 Å². The highest BCUT2D eigenvalue weighted by Crippen LogP contribution is 2.26. The van der Waals surface area contributed by atoms with E-state index in [9.17, 15) is 13.5 Å². The molecule has 0 atom stereocenters. The number of halogens is 2. The first-order valence-electron chi connectivity index (χ1n) is 8.31. The number of hydrogen-bond donors (Lipinski definition) is 2. The Morgan fingerprint density at radius 3 is 2.42 bits per heavy atom. The highest BCUT2D eigenvalue weighted by atomic mass is 35.5. The number of aliphatic hydroxyl groups excluding tert-OH is 1. The number of nitrogens with zero attached hydrogens (tertiary/aromatic N) is 1. The fourth-order valence-electron chi connectivity index (χ4n) is 3.07. The van der Waals surface area contributed by atoms with E-state index in [4.69, 9.17) is 23.2 Å². The molecule has 0 unspecified atom stereocenters. The molecule has 0 aromatic heterocycles. The molecule has 140 valence electrons. The van der Waals surface area contributed by atoms with E-state index in [-0.39, 0.29) is 17.5 Å². The molecule has 0 amide bonds. The van der Waals surface area contributed by atoms with Gasteiger partial charge in [-0.15, -0.1) is 0 Å². The first-order chi connectivity index (χ1) is 12.4. The van der Waals surface area contributed by atoms with Crippen LogP contribution in [-0.2, 0) is 16.6 Å². The molecule has 0 radical (unpaired) electrons. The molecule has 26 heavy (non-hydrogen) atoms. The zero-order valence-corrected chi connectivity index (χ0v) is 16.4. The van der Waals surface area contributed by atoms with Crippen LogP contribution in [0.25, 0.3) is 0 Å². The average Bonchev–Trinajstić information content (AvgIpc) is 2.63. The molecule has 8 heteroatoms. The Kier molecular flexibility index (Phi) is 6.10. The van der Waals surface area contributed by atoms with Crippen molar-refractivity contribution in [3.8, 4) is 0 Å².